The Bertz CT molecular complexity index is 674. The lowest BCUT2D eigenvalue weighted by Crippen LogP contribution is -2.46. The van der Waals surface area contributed by atoms with Crippen LogP contribution < -0.4 is 20.1 Å². The van der Waals surface area contributed by atoms with E-state index in [2.05, 4.69) is 10.6 Å². The summed E-state index contributed by atoms with van der Waals surface area (Å²) in [7, 11) is 0. The summed E-state index contributed by atoms with van der Waals surface area (Å²) in [6.07, 6.45) is 4.80. The molecule has 142 valence electrons. The molecule has 0 saturated heterocycles. The predicted molar refractivity (Wildman–Crippen MR) is 98.5 cm³/mol. The topological polar surface area (TPSA) is 76.7 Å². The van der Waals surface area contributed by atoms with Crippen LogP contribution in [0.5, 0.6) is 11.5 Å². The predicted octanol–water partition coefficient (Wildman–Crippen LogP) is 2.81. The van der Waals surface area contributed by atoms with Gasteiger partial charge in [0.1, 0.15) is 6.04 Å². The number of benzene rings is 1. The minimum atomic E-state index is -0.570. The van der Waals surface area contributed by atoms with E-state index in [0.29, 0.717) is 36.3 Å². The van der Waals surface area contributed by atoms with E-state index in [1.54, 1.807) is 13.0 Å². The van der Waals surface area contributed by atoms with Gasteiger partial charge in [-0.1, -0.05) is 24.4 Å². The molecule has 1 aliphatic heterocycles. The first kappa shape index (κ1) is 18.8. The molecule has 2 N–H and O–H groups in total. The van der Waals surface area contributed by atoms with E-state index in [4.69, 9.17) is 21.1 Å². The lowest BCUT2D eigenvalue weighted by molar-refractivity contribution is -0.130. The quantitative estimate of drug-likeness (QED) is 0.823. The molecule has 1 aromatic rings. The highest BCUT2D eigenvalue weighted by Gasteiger charge is 2.25. The molecule has 0 spiro atoms. The van der Waals surface area contributed by atoms with Gasteiger partial charge in [-0.3, -0.25) is 9.59 Å². The molecule has 1 fully saturated rings. The molecule has 0 radical (unpaired) electrons. The summed E-state index contributed by atoms with van der Waals surface area (Å²) in [6, 6.07) is 3.02. The summed E-state index contributed by atoms with van der Waals surface area (Å²) < 4.78 is 11.3. The molecule has 0 aromatic heterocycles. The molecular weight excluding hydrogens is 356 g/mol. The Hall–Kier alpha value is -1.95. The van der Waals surface area contributed by atoms with Gasteiger partial charge in [0.05, 0.1) is 18.2 Å². The molecule has 1 heterocycles. The number of fused-ring (bicyclic) bond motifs is 1. The molecule has 1 aliphatic carbocycles. The van der Waals surface area contributed by atoms with Gasteiger partial charge in [-0.2, -0.15) is 0 Å². The number of rotatable bonds is 5. The van der Waals surface area contributed by atoms with E-state index in [1.165, 1.54) is 0 Å². The van der Waals surface area contributed by atoms with Crippen LogP contribution >= 0.6 is 11.6 Å². The molecule has 1 saturated carbocycles. The number of halogens is 1. The standard InChI is InChI=1S/C19H25ClN2O4/c1-12(22-19(24)14-5-2-3-6-14)18(23)21-11-13-9-15(20)17-16(10-13)25-7-4-8-26-17/h9-10,12,14H,2-8,11H2,1H3,(H,21,23)(H,22,24)/t12-/m0/s1. The summed E-state index contributed by atoms with van der Waals surface area (Å²) in [5, 5.41) is 6.11. The van der Waals surface area contributed by atoms with Gasteiger partial charge in [0, 0.05) is 18.9 Å². The Morgan fingerprint density at radius 2 is 1.92 bits per heavy atom. The average molecular weight is 381 g/mol. The fourth-order valence-corrected chi connectivity index (χ4v) is 3.60. The van der Waals surface area contributed by atoms with Gasteiger partial charge in [-0.05, 0) is 37.5 Å². The van der Waals surface area contributed by atoms with Gasteiger partial charge in [0.2, 0.25) is 11.8 Å². The SMILES string of the molecule is C[C@H](NC(=O)C1CCCC1)C(=O)NCc1cc(Cl)c2c(c1)OCCCO2. The van der Waals surface area contributed by atoms with Crippen molar-refractivity contribution in [2.24, 2.45) is 5.92 Å². The number of carbonyl (C=O) groups excluding carboxylic acids is 2. The minimum Gasteiger partial charge on any atom is -0.489 e. The van der Waals surface area contributed by atoms with Crippen molar-refractivity contribution in [2.45, 2.75) is 51.6 Å². The van der Waals surface area contributed by atoms with E-state index >= 15 is 0 Å². The largest absolute Gasteiger partial charge is 0.489 e. The zero-order valence-corrected chi connectivity index (χ0v) is 15.7. The van der Waals surface area contributed by atoms with Crippen LogP contribution in [0.2, 0.25) is 5.02 Å². The Morgan fingerprint density at radius 3 is 2.69 bits per heavy atom. The van der Waals surface area contributed by atoms with Crippen molar-refractivity contribution in [1.29, 1.82) is 0 Å². The highest BCUT2D eigenvalue weighted by Crippen LogP contribution is 2.37. The van der Waals surface area contributed by atoms with Crippen molar-refractivity contribution >= 4 is 23.4 Å². The minimum absolute atomic E-state index is 0.0243. The zero-order valence-electron chi connectivity index (χ0n) is 15.0. The molecule has 26 heavy (non-hydrogen) atoms. The van der Waals surface area contributed by atoms with Crippen LogP contribution in [0.15, 0.2) is 12.1 Å². The lowest BCUT2D eigenvalue weighted by atomic mass is 10.1. The number of carbonyl (C=O) groups is 2. The van der Waals surface area contributed by atoms with Crippen molar-refractivity contribution in [1.82, 2.24) is 10.6 Å². The van der Waals surface area contributed by atoms with Crippen LogP contribution in [-0.4, -0.2) is 31.1 Å². The molecule has 0 unspecified atom stereocenters. The molecule has 7 heteroatoms. The number of amides is 2. The second-order valence-electron chi connectivity index (χ2n) is 6.88. The maximum absolute atomic E-state index is 12.3. The van der Waals surface area contributed by atoms with Crippen molar-refractivity contribution < 1.29 is 19.1 Å². The monoisotopic (exact) mass is 380 g/mol. The molecule has 6 nitrogen and oxygen atoms in total. The summed E-state index contributed by atoms with van der Waals surface area (Å²) in [4.78, 5) is 24.4. The third-order valence-electron chi connectivity index (χ3n) is 4.81. The molecule has 1 aromatic carbocycles. The Balaban J connectivity index is 1.54. The molecular formula is C19H25ClN2O4. The highest BCUT2D eigenvalue weighted by atomic mass is 35.5. The van der Waals surface area contributed by atoms with E-state index in [9.17, 15) is 9.59 Å². The lowest BCUT2D eigenvalue weighted by Gasteiger charge is -2.17. The summed E-state index contributed by atoms with van der Waals surface area (Å²) >= 11 is 6.26. The van der Waals surface area contributed by atoms with Crippen molar-refractivity contribution in [3.63, 3.8) is 0 Å². The maximum Gasteiger partial charge on any atom is 0.242 e. The molecule has 1 atom stereocenters. The normalized spacial score (nSPS) is 18.1. The van der Waals surface area contributed by atoms with E-state index in [-0.39, 0.29) is 17.7 Å². The van der Waals surface area contributed by atoms with Gasteiger partial charge in [0.25, 0.3) is 0 Å². The smallest absolute Gasteiger partial charge is 0.242 e. The van der Waals surface area contributed by atoms with Gasteiger partial charge >= 0.3 is 0 Å². The first-order valence-corrected chi connectivity index (χ1v) is 9.58. The highest BCUT2D eigenvalue weighted by molar-refractivity contribution is 6.32. The fourth-order valence-electron chi connectivity index (χ4n) is 3.31. The summed E-state index contributed by atoms with van der Waals surface area (Å²) in [5.74, 6) is 0.951. The molecule has 3 rings (SSSR count). The first-order chi connectivity index (χ1) is 12.5. The fraction of sp³-hybridized carbons (Fsp3) is 0.579. The van der Waals surface area contributed by atoms with E-state index in [0.717, 1.165) is 37.7 Å². The van der Waals surface area contributed by atoms with Gasteiger partial charge in [0.15, 0.2) is 11.5 Å². The number of hydrogen-bond donors (Lipinski definition) is 2. The van der Waals surface area contributed by atoms with Crippen LogP contribution in [0.4, 0.5) is 0 Å². The summed E-state index contributed by atoms with van der Waals surface area (Å²) in [5.41, 5.74) is 0.821. The Morgan fingerprint density at radius 1 is 1.19 bits per heavy atom. The number of nitrogens with one attached hydrogen (secondary N) is 2. The van der Waals surface area contributed by atoms with Crippen molar-refractivity contribution in [3.05, 3.63) is 22.7 Å². The van der Waals surface area contributed by atoms with Crippen LogP contribution in [0.3, 0.4) is 0 Å². The van der Waals surface area contributed by atoms with Crippen molar-refractivity contribution in [3.8, 4) is 11.5 Å². The molecule has 2 amide bonds. The maximum atomic E-state index is 12.3. The summed E-state index contributed by atoms with van der Waals surface area (Å²) in [6.45, 7) is 3.15. The van der Waals surface area contributed by atoms with Crippen molar-refractivity contribution in [2.75, 3.05) is 13.2 Å². The van der Waals surface area contributed by atoms with Crippen LogP contribution in [-0.2, 0) is 16.1 Å². The zero-order chi connectivity index (χ0) is 18.5. The number of hydrogen-bond acceptors (Lipinski definition) is 4. The van der Waals surface area contributed by atoms with E-state index in [1.807, 2.05) is 6.07 Å². The van der Waals surface area contributed by atoms with Gasteiger partial charge in [-0.15, -0.1) is 0 Å². The number of ether oxygens (including phenoxy) is 2. The third-order valence-corrected chi connectivity index (χ3v) is 5.09. The Labute approximate surface area is 158 Å². The third kappa shape index (κ3) is 4.61. The second kappa shape index (κ2) is 8.62. The second-order valence-corrected chi connectivity index (χ2v) is 7.29. The average Bonchev–Trinajstić information content (AvgIpc) is 3.05. The molecule has 2 aliphatic rings. The molecule has 0 bridgehead atoms. The van der Waals surface area contributed by atoms with Gasteiger partial charge < -0.3 is 20.1 Å². The van der Waals surface area contributed by atoms with E-state index < -0.39 is 6.04 Å². The van der Waals surface area contributed by atoms with Gasteiger partial charge in [-0.25, -0.2) is 0 Å². The first-order valence-electron chi connectivity index (χ1n) is 9.20. The van der Waals surface area contributed by atoms with Crippen LogP contribution in [0.25, 0.3) is 0 Å². The Kier molecular flexibility index (Phi) is 6.25. The van der Waals surface area contributed by atoms with Crippen LogP contribution in [0.1, 0.15) is 44.6 Å². The van der Waals surface area contributed by atoms with Crippen LogP contribution in [0, 0.1) is 5.92 Å².